The van der Waals surface area contributed by atoms with E-state index >= 15 is 0 Å². The number of carbonyl (C=O) groups is 1. The molecule has 0 saturated carbocycles. The third kappa shape index (κ3) is 6.55. The average Bonchev–Trinajstić information content (AvgIpc) is 2.72. The fourth-order valence-electron chi connectivity index (χ4n) is 2.82. The van der Waals surface area contributed by atoms with E-state index < -0.39 is 39.0 Å². The summed E-state index contributed by atoms with van der Waals surface area (Å²) in [6.07, 6.45) is -5.13. The number of benzene rings is 3. The predicted octanol–water partition coefficient (Wildman–Crippen LogP) is 6.29. The van der Waals surface area contributed by atoms with Crippen LogP contribution in [0.15, 0.2) is 59.5 Å². The lowest BCUT2D eigenvalue weighted by molar-refractivity contribution is -0.137. The summed E-state index contributed by atoms with van der Waals surface area (Å²) in [5, 5.41) is 7.48. The number of nitrogens with one attached hydrogen (secondary N) is 1. The van der Waals surface area contributed by atoms with Gasteiger partial charge in [-0.05, 0) is 60.2 Å². The van der Waals surface area contributed by atoms with Crippen molar-refractivity contribution in [3.63, 3.8) is 0 Å². The van der Waals surface area contributed by atoms with Gasteiger partial charge in [-0.15, -0.1) is 0 Å². The Labute approximate surface area is 207 Å². The van der Waals surface area contributed by atoms with E-state index in [-0.39, 0.29) is 32.8 Å². The van der Waals surface area contributed by atoms with Crippen molar-refractivity contribution < 1.29 is 31.1 Å². The number of halogens is 6. The monoisotopic (exact) mass is 552 g/mol. The molecule has 0 heterocycles. The van der Waals surface area contributed by atoms with Gasteiger partial charge in [-0.2, -0.15) is 13.2 Å². The number of carbonyl (C=O) groups excluding carboxylic acids is 1. The van der Waals surface area contributed by atoms with Crippen LogP contribution in [0.5, 0.6) is 11.5 Å². The molecule has 0 fully saturated rings. The first-order valence-corrected chi connectivity index (χ1v) is 11.9. The van der Waals surface area contributed by atoms with E-state index in [1.54, 1.807) is 12.1 Å². The Morgan fingerprint density at radius 2 is 1.56 bits per heavy atom. The molecule has 180 valence electrons. The summed E-state index contributed by atoms with van der Waals surface area (Å²) >= 11 is 17.6. The maximum absolute atomic E-state index is 12.9. The van der Waals surface area contributed by atoms with E-state index in [1.807, 2.05) is 0 Å². The van der Waals surface area contributed by atoms with Crippen LogP contribution in [0.1, 0.15) is 11.1 Å². The molecule has 0 atom stereocenters. The first-order chi connectivity index (χ1) is 15.7. The van der Waals surface area contributed by atoms with Gasteiger partial charge in [-0.1, -0.05) is 34.8 Å². The number of anilines is 1. The second-order valence-electron chi connectivity index (χ2n) is 6.90. The van der Waals surface area contributed by atoms with Crippen molar-refractivity contribution in [2.75, 3.05) is 5.32 Å². The maximum atomic E-state index is 12.9. The molecule has 0 unspecified atom stereocenters. The highest BCUT2D eigenvalue weighted by atomic mass is 35.5. The minimum Gasteiger partial charge on any atom is -0.456 e. The number of ether oxygens (including phenoxy) is 1. The highest BCUT2D eigenvalue weighted by Crippen LogP contribution is 2.36. The number of sulfonamides is 1. The summed E-state index contributed by atoms with van der Waals surface area (Å²) in [4.78, 5) is 12.1. The fraction of sp³-hybridized carbons (Fsp3) is 0.0952. The van der Waals surface area contributed by atoms with E-state index in [4.69, 9.17) is 44.7 Å². The molecular formula is C21H14Cl3F3N2O4S. The predicted molar refractivity (Wildman–Crippen MR) is 123 cm³/mol. The van der Waals surface area contributed by atoms with E-state index in [1.165, 1.54) is 24.3 Å². The van der Waals surface area contributed by atoms with Crippen LogP contribution in [-0.4, -0.2) is 14.3 Å². The van der Waals surface area contributed by atoms with Gasteiger partial charge in [-0.3, -0.25) is 4.79 Å². The molecule has 6 nitrogen and oxygen atoms in total. The molecule has 3 rings (SSSR count). The quantitative estimate of drug-likeness (QED) is 0.375. The van der Waals surface area contributed by atoms with Crippen molar-refractivity contribution in [2.24, 2.45) is 5.14 Å². The van der Waals surface area contributed by atoms with Gasteiger partial charge in [0.1, 0.15) is 16.4 Å². The zero-order valence-corrected chi connectivity index (χ0v) is 19.9. The summed E-state index contributed by atoms with van der Waals surface area (Å²) in [5.74, 6) is -0.523. The van der Waals surface area contributed by atoms with Gasteiger partial charge in [0.15, 0.2) is 0 Å². The SMILES string of the molecule is NS(=O)(=O)c1cc(NC(=O)Cc2c(Cl)cc(C(F)(F)F)cc2Cl)ccc1Oc1ccc(Cl)cc1. The fourth-order valence-corrected chi connectivity index (χ4v) is 4.25. The van der Waals surface area contributed by atoms with E-state index in [9.17, 15) is 26.4 Å². The third-order valence-corrected chi connectivity index (χ3v) is 6.24. The highest BCUT2D eigenvalue weighted by molar-refractivity contribution is 7.89. The van der Waals surface area contributed by atoms with E-state index in [0.29, 0.717) is 17.2 Å². The number of primary sulfonamides is 1. The van der Waals surface area contributed by atoms with Crippen LogP contribution in [0.2, 0.25) is 15.1 Å². The molecule has 3 aromatic rings. The standard InChI is InChI=1S/C21H14Cl3F3N2O4S/c22-12-1-4-14(5-2-12)33-18-6-3-13(9-19(18)34(28,31)32)29-20(30)10-15-16(23)7-11(8-17(15)24)21(25,26)27/h1-9H,10H2,(H,29,30)(H2,28,31,32). The lowest BCUT2D eigenvalue weighted by atomic mass is 10.1. The molecule has 0 aliphatic heterocycles. The molecule has 0 aliphatic rings. The summed E-state index contributed by atoms with van der Waals surface area (Å²) < 4.78 is 68.3. The van der Waals surface area contributed by atoms with Crippen LogP contribution in [-0.2, 0) is 27.4 Å². The summed E-state index contributed by atoms with van der Waals surface area (Å²) in [5.41, 5.74) is -1.04. The van der Waals surface area contributed by atoms with Crippen molar-refractivity contribution in [1.82, 2.24) is 0 Å². The largest absolute Gasteiger partial charge is 0.456 e. The van der Waals surface area contributed by atoms with Gasteiger partial charge in [-0.25, -0.2) is 13.6 Å². The molecule has 13 heteroatoms. The number of rotatable bonds is 6. The van der Waals surface area contributed by atoms with Crippen LogP contribution in [0.4, 0.5) is 18.9 Å². The minimum absolute atomic E-state index is 0.0248. The Hall–Kier alpha value is -2.50. The molecule has 3 N–H and O–H groups in total. The number of nitrogens with two attached hydrogens (primary N) is 1. The molecule has 0 spiro atoms. The smallest absolute Gasteiger partial charge is 0.416 e. The van der Waals surface area contributed by atoms with Crippen molar-refractivity contribution in [1.29, 1.82) is 0 Å². The molecule has 3 aromatic carbocycles. The van der Waals surface area contributed by atoms with Gasteiger partial charge in [0.2, 0.25) is 15.9 Å². The van der Waals surface area contributed by atoms with Crippen molar-refractivity contribution in [3.05, 3.63) is 80.8 Å². The zero-order chi connectivity index (χ0) is 25.3. The second kappa shape index (κ2) is 10.0. The van der Waals surface area contributed by atoms with Crippen molar-refractivity contribution in [2.45, 2.75) is 17.5 Å². The Kier molecular flexibility index (Phi) is 7.69. The van der Waals surface area contributed by atoms with E-state index in [2.05, 4.69) is 5.32 Å². The van der Waals surface area contributed by atoms with Gasteiger partial charge in [0.25, 0.3) is 0 Å². The lowest BCUT2D eigenvalue weighted by Gasteiger charge is -2.14. The molecule has 0 aromatic heterocycles. The first kappa shape index (κ1) is 26.1. The van der Waals surface area contributed by atoms with Crippen LogP contribution >= 0.6 is 34.8 Å². The topological polar surface area (TPSA) is 98.5 Å². The molecule has 1 amide bonds. The van der Waals surface area contributed by atoms with Crippen LogP contribution in [0, 0.1) is 0 Å². The van der Waals surface area contributed by atoms with Gasteiger partial charge in [0.05, 0.1) is 12.0 Å². The van der Waals surface area contributed by atoms with Crippen molar-refractivity contribution in [3.8, 4) is 11.5 Å². The van der Waals surface area contributed by atoms with Crippen LogP contribution < -0.4 is 15.2 Å². The average molecular weight is 554 g/mol. The minimum atomic E-state index is -4.66. The molecular weight excluding hydrogens is 540 g/mol. The van der Waals surface area contributed by atoms with Crippen LogP contribution in [0.25, 0.3) is 0 Å². The summed E-state index contributed by atoms with van der Waals surface area (Å²) in [6.45, 7) is 0. The Bertz CT molecular complexity index is 1330. The highest BCUT2D eigenvalue weighted by Gasteiger charge is 2.32. The number of hydrogen-bond donors (Lipinski definition) is 2. The first-order valence-electron chi connectivity index (χ1n) is 9.19. The number of hydrogen-bond acceptors (Lipinski definition) is 4. The summed E-state index contributed by atoms with van der Waals surface area (Å²) in [7, 11) is -4.26. The second-order valence-corrected chi connectivity index (χ2v) is 9.68. The molecule has 0 saturated heterocycles. The Morgan fingerprint density at radius 1 is 0.971 bits per heavy atom. The molecule has 0 bridgehead atoms. The van der Waals surface area contributed by atoms with Gasteiger partial charge in [0, 0.05) is 20.8 Å². The molecule has 0 radical (unpaired) electrons. The molecule has 0 aliphatic carbocycles. The van der Waals surface area contributed by atoms with Gasteiger partial charge >= 0.3 is 6.18 Å². The Balaban J connectivity index is 1.83. The van der Waals surface area contributed by atoms with Crippen molar-refractivity contribution >= 4 is 56.4 Å². The van der Waals surface area contributed by atoms with E-state index in [0.717, 1.165) is 6.07 Å². The summed E-state index contributed by atoms with van der Waals surface area (Å²) in [6, 6.07) is 11.2. The van der Waals surface area contributed by atoms with Gasteiger partial charge < -0.3 is 10.1 Å². The van der Waals surface area contributed by atoms with Crippen LogP contribution in [0.3, 0.4) is 0 Å². The third-order valence-electron chi connectivity index (χ3n) is 4.38. The lowest BCUT2D eigenvalue weighted by Crippen LogP contribution is -2.17. The Morgan fingerprint density at radius 3 is 2.09 bits per heavy atom. The maximum Gasteiger partial charge on any atom is 0.416 e. The molecule has 34 heavy (non-hydrogen) atoms. The number of alkyl halides is 3. The number of amides is 1. The zero-order valence-electron chi connectivity index (χ0n) is 16.8. The normalized spacial score (nSPS) is 11.9.